The molecule has 3 nitrogen and oxygen atoms in total. The largest absolute Gasteiger partial charge is 0.390 e. The molecule has 0 aliphatic heterocycles. The fourth-order valence-electron chi connectivity index (χ4n) is 7.09. The van der Waals surface area contributed by atoms with Crippen molar-refractivity contribution in [3.8, 4) is 0 Å². The lowest BCUT2D eigenvalue weighted by Gasteiger charge is -2.66. The van der Waals surface area contributed by atoms with Gasteiger partial charge in [-0.15, -0.1) is 6.58 Å². The Morgan fingerprint density at radius 3 is 2.48 bits per heavy atom. The number of aliphatic hydroxyl groups excluding tert-OH is 1. The van der Waals surface area contributed by atoms with Gasteiger partial charge in [-0.1, -0.05) is 33.3 Å². The predicted molar refractivity (Wildman–Crippen MR) is 100 cm³/mol. The zero-order valence-electron chi connectivity index (χ0n) is 16.5. The fourth-order valence-corrected chi connectivity index (χ4v) is 7.09. The first-order chi connectivity index (χ1) is 11.5. The maximum atomic E-state index is 12.3. The minimum atomic E-state index is -1.10. The first-order valence-corrected chi connectivity index (χ1v) is 10.0. The van der Waals surface area contributed by atoms with Crippen LogP contribution in [0.2, 0.25) is 0 Å². The minimum Gasteiger partial charge on any atom is -0.390 e. The molecule has 0 aromatic carbocycles. The molecule has 25 heavy (non-hydrogen) atoms. The summed E-state index contributed by atoms with van der Waals surface area (Å²) in [5.74, 6) is 0.523. The van der Waals surface area contributed by atoms with E-state index in [2.05, 4.69) is 27.4 Å². The van der Waals surface area contributed by atoms with Gasteiger partial charge >= 0.3 is 0 Å². The number of ketones is 1. The molecule has 3 saturated carbocycles. The highest BCUT2D eigenvalue weighted by atomic mass is 16.3. The van der Waals surface area contributed by atoms with Gasteiger partial charge in [-0.3, -0.25) is 0 Å². The maximum absolute atomic E-state index is 12.3. The number of Topliss-reactive ketones (excluding diaryl/α,β-unsaturated/α-hetero) is 1. The summed E-state index contributed by atoms with van der Waals surface area (Å²) in [4.78, 5) is 12.3. The van der Waals surface area contributed by atoms with Gasteiger partial charge in [0.25, 0.3) is 0 Å². The van der Waals surface area contributed by atoms with E-state index in [-0.39, 0.29) is 27.9 Å². The minimum absolute atomic E-state index is 0.00486. The number of hydrogen-bond donors (Lipinski definition) is 2. The van der Waals surface area contributed by atoms with Crippen molar-refractivity contribution in [3.05, 3.63) is 12.7 Å². The molecule has 0 heterocycles. The van der Waals surface area contributed by atoms with Crippen LogP contribution in [0.25, 0.3) is 0 Å². The van der Waals surface area contributed by atoms with Crippen LogP contribution in [0.1, 0.15) is 79.1 Å². The number of fused-ring (bicyclic) bond motifs is 3. The highest BCUT2D eigenvalue weighted by molar-refractivity contribution is 5.76. The number of rotatable bonds is 3. The van der Waals surface area contributed by atoms with Gasteiger partial charge < -0.3 is 15.0 Å². The number of carbonyl (C=O) groups excluding carboxylic acids is 1. The van der Waals surface area contributed by atoms with Gasteiger partial charge in [0.05, 0.1) is 11.7 Å². The number of aliphatic hydroxyl groups is 2. The van der Waals surface area contributed by atoms with E-state index in [1.165, 1.54) is 0 Å². The second kappa shape index (κ2) is 5.92. The third-order valence-corrected chi connectivity index (χ3v) is 8.20. The Balaban J connectivity index is 2.09. The van der Waals surface area contributed by atoms with Crippen molar-refractivity contribution in [1.29, 1.82) is 0 Å². The van der Waals surface area contributed by atoms with Crippen molar-refractivity contribution < 1.29 is 15.0 Å². The van der Waals surface area contributed by atoms with Crippen LogP contribution in [0.3, 0.4) is 0 Å². The lowest BCUT2D eigenvalue weighted by molar-refractivity contribution is -0.255. The van der Waals surface area contributed by atoms with Gasteiger partial charge in [-0.25, -0.2) is 0 Å². The molecule has 6 atom stereocenters. The van der Waals surface area contributed by atoms with E-state index in [1.807, 2.05) is 6.08 Å². The molecule has 0 unspecified atom stereocenters. The van der Waals surface area contributed by atoms with Crippen molar-refractivity contribution in [2.75, 3.05) is 0 Å². The average Bonchev–Trinajstić information content (AvgIpc) is 2.48. The van der Waals surface area contributed by atoms with E-state index >= 15 is 0 Å². The topological polar surface area (TPSA) is 57.5 Å². The summed E-state index contributed by atoms with van der Waals surface area (Å²) in [6, 6.07) is 0. The van der Waals surface area contributed by atoms with Crippen LogP contribution in [-0.2, 0) is 4.79 Å². The SMILES string of the molecule is C=C[C@]1(C)CC[C@@H]2[C@](O)(C1)[C@@H](O)C[C@H]1C(C)(C)CCC[C@]21CC(C)=O. The van der Waals surface area contributed by atoms with Crippen molar-refractivity contribution in [2.45, 2.75) is 90.8 Å². The van der Waals surface area contributed by atoms with Gasteiger partial charge in [-0.05, 0) is 73.5 Å². The van der Waals surface area contributed by atoms with Crippen molar-refractivity contribution in [3.63, 3.8) is 0 Å². The van der Waals surface area contributed by atoms with E-state index in [0.29, 0.717) is 25.2 Å². The van der Waals surface area contributed by atoms with Crippen LogP contribution < -0.4 is 0 Å². The lowest BCUT2D eigenvalue weighted by Crippen LogP contribution is -2.68. The quantitative estimate of drug-likeness (QED) is 0.749. The van der Waals surface area contributed by atoms with Crippen molar-refractivity contribution >= 4 is 5.78 Å². The monoisotopic (exact) mass is 348 g/mol. The van der Waals surface area contributed by atoms with E-state index in [1.54, 1.807) is 6.92 Å². The molecule has 142 valence electrons. The zero-order chi connectivity index (χ0) is 18.7. The van der Waals surface area contributed by atoms with E-state index < -0.39 is 11.7 Å². The number of allylic oxidation sites excluding steroid dienone is 1. The van der Waals surface area contributed by atoms with Crippen LogP contribution in [-0.4, -0.2) is 27.7 Å². The molecule has 3 aliphatic rings. The molecule has 3 aliphatic carbocycles. The summed E-state index contributed by atoms with van der Waals surface area (Å²) < 4.78 is 0. The molecule has 0 spiro atoms. The standard InChI is InChI=1S/C22H36O3/c1-6-20(5)11-8-16-21(13-15(2)23)10-7-9-19(3,4)17(21)12-18(24)22(16,25)14-20/h6,16-18,24-25H,1,7-14H2,2-5H3/t16-,17-,18-,20+,21-,22+/m0/s1. The third kappa shape index (κ3) is 2.82. The zero-order valence-corrected chi connectivity index (χ0v) is 16.5. The molecule has 0 amide bonds. The lowest BCUT2D eigenvalue weighted by atomic mass is 9.40. The molecule has 3 heteroatoms. The van der Waals surface area contributed by atoms with Gasteiger partial charge in [0.1, 0.15) is 5.78 Å². The van der Waals surface area contributed by atoms with Gasteiger partial charge in [0.15, 0.2) is 0 Å². The third-order valence-electron chi connectivity index (χ3n) is 8.20. The van der Waals surface area contributed by atoms with Crippen molar-refractivity contribution in [2.24, 2.45) is 28.1 Å². The van der Waals surface area contributed by atoms with E-state index in [4.69, 9.17) is 0 Å². The Morgan fingerprint density at radius 1 is 1.20 bits per heavy atom. The highest BCUT2D eigenvalue weighted by Crippen LogP contribution is 2.67. The normalized spacial score (nSPS) is 49.0. The average molecular weight is 349 g/mol. The highest BCUT2D eigenvalue weighted by Gasteiger charge is 2.66. The van der Waals surface area contributed by atoms with Gasteiger partial charge in [-0.2, -0.15) is 0 Å². The second-order valence-electron chi connectivity index (χ2n) is 10.4. The first kappa shape index (κ1) is 19.1. The summed E-state index contributed by atoms with van der Waals surface area (Å²) in [6.45, 7) is 12.4. The van der Waals surface area contributed by atoms with Crippen LogP contribution in [0.15, 0.2) is 12.7 Å². The molecule has 0 saturated heterocycles. The van der Waals surface area contributed by atoms with Gasteiger partial charge in [0, 0.05) is 6.42 Å². The van der Waals surface area contributed by atoms with Crippen LogP contribution in [0.5, 0.6) is 0 Å². The Morgan fingerprint density at radius 2 is 1.88 bits per heavy atom. The molecule has 3 fully saturated rings. The molecular formula is C22H36O3. The Labute approximate surface area is 152 Å². The summed E-state index contributed by atoms with van der Waals surface area (Å²) in [7, 11) is 0. The predicted octanol–water partition coefficient (Wildman–Crippen LogP) is 4.27. The summed E-state index contributed by atoms with van der Waals surface area (Å²) in [5.41, 5.74) is -1.29. The maximum Gasteiger partial charge on any atom is 0.130 e. The van der Waals surface area contributed by atoms with Gasteiger partial charge in [0.2, 0.25) is 0 Å². The summed E-state index contributed by atoms with van der Waals surface area (Å²) >= 11 is 0. The van der Waals surface area contributed by atoms with E-state index in [9.17, 15) is 15.0 Å². The van der Waals surface area contributed by atoms with E-state index in [0.717, 1.165) is 32.1 Å². The smallest absolute Gasteiger partial charge is 0.130 e. The number of hydrogen-bond acceptors (Lipinski definition) is 3. The van der Waals surface area contributed by atoms with Crippen LogP contribution >= 0.6 is 0 Å². The van der Waals surface area contributed by atoms with Crippen molar-refractivity contribution in [1.82, 2.24) is 0 Å². The Hall–Kier alpha value is -0.670. The molecule has 2 N–H and O–H groups in total. The first-order valence-electron chi connectivity index (χ1n) is 10.0. The molecular weight excluding hydrogens is 312 g/mol. The molecule has 0 radical (unpaired) electrons. The second-order valence-corrected chi connectivity index (χ2v) is 10.4. The summed E-state index contributed by atoms with van der Waals surface area (Å²) in [5, 5.41) is 22.7. The number of carbonyl (C=O) groups is 1. The molecule has 0 aromatic heterocycles. The Kier molecular flexibility index (Phi) is 4.52. The molecule has 0 aromatic rings. The van der Waals surface area contributed by atoms with Crippen LogP contribution in [0.4, 0.5) is 0 Å². The molecule has 0 bridgehead atoms. The molecule has 3 rings (SSSR count). The van der Waals surface area contributed by atoms with Crippen LogP contribution in [0, 0.1) is 28.1 Å². The summed E-state index contributed by atoms with van der Waals surface area (Å²) in [6.07, 6.45) is 8.05. The fraction of sp³-hybridized carbons (Fsp3) is 0.864. The Bertz CT molecular complexity index is 568.